The van der Waals surface area contributed by atoms with Gasteiger partial charge in [0.1, 0.15) is 11.8 Å². The second-order valence-corrected chi connectivity index (χ2v) is 5.93. The lowest BCUT2D eigenvalue weighted by molar-refractivity contribution is -0.122. The van der Waals surface area contributed by atoms with Crippen LogP contribution in [-0.4, -0.2) is 26.8 Å². The molecule has 7 nitrogen and oxygen atoms in total. The van der Waals surface area contributed by atoms with Crippen molar-refractivity contribution in [1.29, 1.82) is 5.26 Å². The maximum Gasteiger partial charge on any atom is 0.266 e. The van der Waals surface area contributed by atoms with E-state index in [9.17, 15) is 4.79 Å². The van der Waals surface area contributed by atoms with E-state index in [0.717, 1.165) is 6.42 Å². The Balaban J connectivity index is 1.55. The zero-order valence-electron chi connectivity index (χ0n) is 14.9. The van der Waals surface area contributed by atoms with Crippen molar-refractivity contribution in [3.8, 4) is 11.8 Å². The third-order valence-corrected chi connectivity index (χ3v) is 3.95. The molecule has 3 rings (SSSR count). The average Bonchev–Trinajstić information content (AvgIpc) is 3.15. The second-order valence-electron chi connectivity index (χ2n) is 5.93. The third kappa shape index (κ3) is 4.92. The highest BCUT2D eigenvalue weighted by molar-refractivity contribution is 5.93. The van der Waals surface area contributed by atoms with Gasteiger partial charge in [0.05, 0.1) is 5.56 Å². The Kier molecular flexibility index (Phi) is 5.80. The van der Waals surface area contributed by atoms with E-state index in [-0.39, 0.29) is 5.91 Å². The van der Waals surface area contributed by atoms with Gasteiger partial charge in [-0.2, -0.15) is 10.4 Å². The van der Waals surface area contributed by atoms with E-state index in [2.05, 4.69) is 15.4 Å². The molecule has 0 aliphatic rings. The van der Waals surface area contributed by atoms with E-state index in [1.165, 1.54) is 5.56 Å². The Morgan fingerprint density at radius 2 is 2.04 bits per heavy atom. The van der Waals surface area contributed by atoms with Crippen LogP contribution in [0.2, 0.25) is 0 Å². The van der Waals surface area contributed by atoms with Gasteiger partial charge in [-0.1, -0.05) is 12.1 Å². The number of aromatic nitrogens is 3. The van der Waals surface area contributed by atoms with Gasteiger partial charge in [0.15, 0.2) is 11.9 Å². The van der Waals surface area contributed by atoms with Crippen molar-refractivity contribution in [1.82, 2.24) is 14.8 Å². The van der Waals surface area contributed by atoms with E-state index >= 15 is 0 Å². The van der Waals surface area contributed by atoms with Crippen LogP contribution in [0, 0.1) is 11.3 Å². The molecule has 0 radical (unpaired) electrons. The standard InChI is InChI=1S/C20H19N5O2/c1-15(27-18-5-3-2-4-17(18)14-21)20(26)23-19-9-13-25(24-19)12-8-16-6-10-22-11-7-16/h2-7,9-11,13,15H,8,12H2,1H3,(H,23,24,26). The first-order chi connectivity index (χ1) is 13.2. The number of amides is 1. The number of para-hydroxylation sites is 1. The fourth-order valence-corrected chi connectivity index (χ4v) is 2.48. The minimum absolute atomic E-state index is 0.331. The molecular weight excluding hydrogens is 342 g/mol. The number of hydrogen-bond acceptors (Lipinski definition) is 5. The van der Waals surface area contributed by atoms with E-state index < -0.39 is 6.10 Å². The lowest BCUT2D eigenvalue weighted by Crippen LogP contribution is -2.30. The molecule has 0 saturated heterocycles. The number of ether oxygens (including phenoxy) is 1. The highest BCUT2D eigenvalue weighted by atomic mass is 16.5. The number of nitrogens with one attached hydrogen (secondary N) is 1. The van der Waals surface area contributed by atoms with Crippen LogP contribution in [0.3, 0.4) is 0 Å². The van der Waals surface area contributed by atoms with Gasteiger partial charge in [-0.25, -0.2) is 0 Å². The van der Waals surface area contributed by atoms with Crippen molar-refractivity contribution in [2.75, 3.05) is 5.32 Å². The highest BCUT2D eigenvalue weighted by Crippen LogP contribution is 2.18. The number of carbonyl (C=O) groups is 1. The molecule has 1 unspecified atom stereocenters. The first kappa shape index (κ1) is 18.1. The van der Waals surface area contributed by atoms with Crippen LogP contribution in [0.15, 0.2) is 61.1 Å². The number of benzene rings is 1. The van der Waals surface area contributed by atoms with Crippen LogP contribution >= 0.6 is 0 Å². The van der Waals surface area contributed by atoms with Crippen LogP contribution in [0.4, 0.5) is 5.82 Å². The molecule has 136 valence electrons. The van der Waals surface area contributed by atoms with Crippen molar-refractivity contribution < 1.29 is 9.53 Å². The molecule has 2 heterocycles. The minimum atomic E-state index is -0.763. The van der Waals surface area contributed by atoms with Gasteiger partial charge in [-0.15, -0.1) is 0 Å². The van der Waals surface area contributed by atoms with Gasteiger partial charge in [0, 0.05) is 31.2 Å². The number of aryl methyl sites for hydroxylation is 2. The molecule has 27 heavy (non-hydrogen) atoms. The molecule has 0 fully saturated rings. The number of nitriles is 1. The van der Waals surface area contributed by atoms with Crippen LogP contribution < -0.4 is 10.1 Å². The van der Waals surface area contributed by atoms with Gasteiger partial charge in [0.2, 0.25) is 0 Å². The van der Waals surface area contributed by atoms with Gasteiger partial charge < -0.3 is 10.1 Å². The van der Waals surface area contributed by atoms with E-state index in [4.69, 9.17) is 10.00 Å². The smallest absolute Gasteiger partial charge is 0.266 e. The zero-order valence-corrected chi connectivity index (χ0v) is 14.9. The number of rotatable bonds is 7. The zero-order chi connectivity index (χ0) is 19.1. The molecule has 7 heteroatoms. The van der Waals surface area contributed by atoms with Crippen molar-refractivity contribution in [3.63, 3.8) is 0 Å². The first-order valence-corrected chi connectivity index (χ1v) is 8.54. The predicted octanol–water partition coefficient (Wildman–Crippen LogP) is 2.80. The summed E-state index contributed by atoms with van der Waals surface area (Å²) in [6.07, 6.45) is 5.39. The Hall–Kier alpha value is -3.66. The first-order valence-electron chi connectivity index (χ1n) is 8.54. The summed E-state index contributed by atoms with van der Waals surface area (Å²) >= 11 is 0. The molecular formula is C20H19N5O2. The second kappa shape index (κ2) is 8.63. The number of nitrogens with zero attached hydrogens (tertiary/aromatic N) is 4. The Morgan fingerprint density at radius 3 is 2.81 bits per heavy atom. The lowest BCUT2D eigenvalue weighted by Gasteiger charge is -2.14. The molecule has 0 aliphatic heterocycles. The van der Waals surface area contributed by atoms with Crippen molar-refractivity contribution >= 4 is 11.7 Å². The largest absolute Gasteiger partial charge is 0.480 e. The van der Waals surface area contributed by atoms with Crippen molar-refractivity contribution in [2.24, 2.45) is 0 Å². The number of anilines is 1. The summed E-state index contributed by atoms with van der Waals surface area (Å²) in [5.41, 5.74) is 1.56. The fourth-order valence-electron chi connectivity index (χ4n) is 2.48. The third-order valence-electron chi connectivity index (χ3n) is 3.95. The fraction of sp³-hybridized carbons (Fsp3) is 0.200. The summed E-state index contributed by atoms with van der Waals surface area (Å²) in [5, 5.41) is 16.2. The predicted molar refractivity (Wildman–Crippen MR) is 100 cm³/mol. The van der Waals surface area contributed by atoms with Crippen LogP contribution in [-0.2, 0) is 17.8 Å². The summed E-state index contributed by atoms with van der Waals surface area (Å²) in [4.78, 5) is 16.3. The SMILES string of the molecule is CC(Oc1ccccc1C#N)C(=O)Nc1ccn(CCc2ccncc2)n1. The normalized spacial score (nSPS) is 11.4. The van der Waals surface area contributed by atoms with Gasteiger partial charge >= 0.3 is 0 Å². The maximum atomic E-state index is 12.3. The molecule has 0 bridgehead atoms. The molecule has 0 saturated carbocycles. The summed E-state index contributed by atoms with van der Waals surface area (Å²) < 4.78 is 7.38. The summed E-state index contributed by atoms with van der Waals surface area (Å²) in [6.45, 7) is 2.32. The number of carbonyl (C=O) groups excluding carboxylic acids is 1. The molecule has 2 aromatic heterocycles. The number of hydrogen-bond donors (Lipinski definition) is 1. The average molecular weight is 361 g/mol. The molecule has 1 aromatic carbocycles. The highest BCUT2D eigenvalue weighted by Gasteiger charge is 2.17. The molecule has 1 atom stereocenters. The Bertz CT molecular complexity index is 946. The van der Waals surface area contributed by atoms with Crippen LogP contribution in [0.25, 0.3) is 0 Å². The Labute approximate surface area is 157 Å². The van der Waals surface area contributed by atoms with E-state index in [1.807, 2.05) is 24.4 Å². The van der Waals surface area contributed by atoms with Crippen molar-refractivity contribution in [2.45, 2.75) is 26.0 Å². The molecule has 0 spiro atoms. The molecule has 0 aliphatic carbocycles. The number of pyridine rings is 1. The molecule has 1 amide bonds. The topological polar surface area (TPSA) is 92.8 Å². The lowest BCUT2D eigenvalue weighted by atomic mass is 10.2. The minimum Gasteiger partial charge on any atom is -0.480 e. The maximum absolute atomic E-state index is 12.3. The van der Waals surface area contributed by atoms with E-state index in [1.54, 1.807) is 54.3 Å². The van der Waals surface area contributed by atoms with Gasteiger partial charge in [0.25, 0.3) is 5.91 Å². The summed E-state index contributed by atoms with van der Waals surface area (Å²) in [5.74, 6) is 0.506. The quantitative estimate of drug-likeness (QED) is 0.698. The van der Waals surface area contributed by atoms with E-state index in [0.29, 0.717) is 23.7 Å². The summed E-state index contributed by atoms with van der Waals surface area (Å²) in [7, 11) is 0. The molecule has 1 N–H and O–H groups in total. The molecule has 3 aromatic rings. The summed E-state index contributed by atoms with van der Waals surface area (Å²) in [6, 6.07) is 14.5. The van der Waals surface area contributed by atoms with Gasteiger partial charge in [-0.3, -0.25) is 14.5 Å². The van der Waals surface area contributed by atoms with Crippen molar-refractivity contribution in [3.05, 3.63) is 72.2 Å². The van der Waals surface area contributed by atoms with Crippen LogP contribution in [0.5, 0.6) is 5.75 Å². The Morgan fingerprint density at radius 1 is 1.26 bits per heavy atom. The monoisotopic (exact) mass is 361 g/mol. The van der Waals surface area contributed by atoms with Gasteiger partial charge in [-0.05, 0) is 43.2 Å². The van der Waals surface area contributed by atoms with Crippen LogP contribution in [0.1, 0.15) is 18.1 Å².